The maximum atomic E-state index is 16.2. The summed E-state index contributed by atoms with van der Waals surface area (Å²) in [4.78, 5) is 10.8. The van der Waals surface area contributed by atoms with Gasteiger partial charge in [-0.05, 0) is 10.1 Å². The molecule has 0 aromatic carbocycles. The number of rotatable bonds is 4. The summed E-state index contributed by atoms with van der Waals surface area (Å²) in [6.07, 6.45) is 0. The Bertz CT molecular complexity index is 514. The Morgan fingerprint density at radius 2 is 1.81 bits per heavy atom. The number of nitrogens with two attached hydrogens (primary N) is 1. The van der Waals surface area contributed by atoms with Crippen LogP contribution in [0.4, 0.5) is 9.93 Å². The second-order valence-electron chi connectivity index (χ2n) is 7.52. The second kappa shape index (κ2) is 5.44. The molecule has 0 saturated heterocycles. The van der Waals surface area contributed by atoms with Crippen LogP contribution in [0.2, 0.25) is 10.1 Å². The smallest absolute Gasteiger partial charge is 0.305 e. The second-order valence-corrected chi connectivity index (χ2v) is 12.3. The molecule has 0 saturated carbocycles. The van der Waals surface area contributed by atoms with Crippen LogP contribution in [0.15, 0.2) is 6.07 Å². The van der Waals surface area contributed by atoms with Gasteiger partial charge in [0.2, 0.25) is 5.91 Å². The number of carbonyl (C=O) groups excluding carboxylic acids is 1. The Labute approximate surface area is 127 Å². The van der Waals surface area contributed by atoms with Crippen LogP contribution in [0.25, 0.3) is 0 Å². The summed E-state index contributed by atoms with van der Waals surface area (Å²) in [5, 5.41) is 6.77. The van der Waals surface area contributed by atoms with Crippen LogP contribution in [0.5, 0.6) is 0 Å². The predicted molar refractivity (Wildman–Crippen MR) is 86.8 cm³/mol. The quantitative estimate of drug-likeness (QED) is 0.660. The summed E-state index contributed by atoms with van der Waals surface area (Å²) in [6.45, 7) is 11.6. The minimum Gasteiger partial charge on any atom is -0.368 e. The lowest BCUT2D eigenvalue weighted by Crippen LogP contribution is -2.60. The van der Waals surface area contributed by atoms with Gasteiger partial charge in [0.15, 0.2) is 0 Å². The normalized spacial score (nSPS) is 13.3. The Hall–Kier alpha value is -1.37. The van der Waals surface area contributed by atoms with E-state index in [-0.39, 0.29) is 6.54 Å². The number of anilines is 1. The molecule has 0 atom stereocenters. The third kappa shape index (κ3) is 3.28. The van der Waals surface area contributed by atoms with Gasteiger partial charge in [0.05, 0.1) is 11.9 Å². The highest BCUT2D eigenvalue weighted by Gasteiger charge is 2.58. The van der Waals surface area contributed by atoms with Gasteiger partial charge in [-0.1, -0.05) is 41.5 Å². The predicted octanol–water partition coefficient (Wildman–Crippen LogP) is 2.04. The molecule has 0 fully saturated rings. The van der Waals surface area contributed by atoms with Crippen molar-refractivity contribution in [3.8, 4) is 0 Å². The fourth-order valence-corrected chi connectivity index (χ4v) is 7.57. The van der Waals surface area contributed by atoms with Gasteiger partial charge in [-0.25, -0.2) is 0 Å². The van der Waals surface area contributed by atoms with Gasteiger partial charge in [0.25, 0.3) is 0 Å². The molecule has 21 heavy (non-hydrogen) atoms. The van der Waals surface area contributed by atoms with Gasteiger partial charge in [-0.2, -0.15) is 5.10 Å². The van der Waals surface area contributed by atoms with Crippen LogP contribution in [-0.4, -0.2) is 30.6 Å². The van der Waals surface area contributed by atoms with Gasteiger partial charge in [0.1, 0.15) is 5.82 Å². The Morgan fingerprint density at radius 1 is 1.33 bits per heavy atom. The molecular weight excluding hydrogens is 287 g/mol. The summed E-state index contributed by atoms with van der Waals surface area (Å²) in [5.41, 5.74) is 5.11. The van der Waals surface area contributed by atoms with Crippen LogP contribution < -0.4 is 16.4 Å². The average molecular weight is 314 g/mol. The number of primary amides is 1. The monoisotopic (exact) mass is 314 g/mol. The number of carbonyl (C=O) groups is 1. The van der Waals surface area contributed by atoms with E-state index >= 15 is 4.11 Å². The molecule has 3 N–H and O–H groups in total. The van der Waals surface area contributed by atoms with Crippen molar-refractivity contribution in [2.45, 2.75) is 51.6 Å². The Morgan fingerprint density at radius 3 is 2.19 bits per heavy atom. The first kappa shape index (κ1) is 17.7. The maximum Gasteiger partial charge on any atom is 0.305 e. The molecule has 1 heterocycles. The molecule has 7 heteroatoms. The largest absolute Gasteiger partial charge is 0.368 e. The number of hydrogen-bond donors (Lipinski definition) is 2. The van der Waals surface area contributed by atoms with E-state index in [2.05, 4.69) is 10.4 Å². The fraction of sp³-hybridized carbons (Fsp3) is 0.714. The van der Waals surface area contributed by atoms with E-state index in [4.69, 9.17) is 5.73 Å². The summed E-state index contributed by atoms with van der Waals surface area (Å²) in [7, 11) is -1.62. The van der Waals surface area contributed by atoms with Crippen molar-refractivity contribution in [2.75, 3.05) is 11.9 Å². The van der Waals surface area contributed by atoms with E-state index in [0.717, 1.165) is 0 Å². The molecule has 0 spiro atoms. The van der Waals surface area contributed by atoms with Crippen LogP contribution >= 0.6 is 0 Å². The van der Waals surface area contributed by atoms with Crippen molar-refractivity contribution in [1.82, 2.24) is 9.78 Å². The standard InChI is InChI=1S/C14H27FN4OSi/c1-13(2,3)21(15,14(4,5)6)12-8-11(18-19(12)7)17-9-10(16)20/h8H,9H2,1-7H3,(H2,16,20)(H,17,18). The number of nitrogens with zero attached hydrogens (tertiary/aromatic N) is 2. The van der Waals surface area contributed by atoms with Crippen molar-refractivity contribution < 1.29 is 8.90 Å². The van der Waals surface area contributed by atoms with Crippen molar-refractivity contribution in [3.05, 3.63) is 6.07 Å². The van der Waals surface area contributed by atoms with Gasteiger partial charge < -0.3 is 15.2 Å². The molecule has 120 valence electrons. The Balaban J connectivity index is 3.31. The molecular formula is C14H27FN4OSi. The number of hydrogen-bond acceptors (Lipinski definition) is 3. The zero-order chi connectivity index (χ0) is 16.6. The molecule has 0 radical (unpaired) electrons. The third-order valence-corrected chi connectivity index (χ3v) is 9.05. The van der Waals surface area contributed by atoms with E-state index < -0.39 is 24.4 Å². The van der Waals surface area contributed by atoms with E-state index in [1.54, 1.807) is 17.8 Å². The Kier molecular flexibility index (Phi) is 4.58. The van der Waals surface area contributed by atoms with Gasteiger partial charge >= 0.3 is 8.41 Å². The van der Waals surface area contributed by atoms with Crippen molar-refractivity contribution in [3.63, 3.8) is 0 Å². The highest BCUT2D eigenvalue weighted by atomic mass is 28.4. The summed E-state index contributed by atoms with van der Waals surface area (Å²) in [6, 6.07) is 1.71. The first-order valence-electron chi connectivity index (χ1n) is 7.06. The van der Waals surface area contributed by atoms with E-state index in [1.807, 2.05) is 41.5 Å². The highest BCUT2D eigenvalue weighted by Crippen LogP contribution is 2.51. The third-order valence-electron chi connectivity index (χ3n) is 3.74. The number of nitrogens with one attached hydrogen (secondary N) is 1. The van der Waals surface area contributed by atoms with Crippen LogP contribution in [-0.2, 0) is 11.8 Å². The van der Waals surface area contributed by atoms with E-state index in [9.17, 15) is 4.79 Å². The average Bonchev–Trinajstić information content (AvgIpc) is 2.64. The van der Waals surface area contributed by atoms with E-state index in [0.29, 0.717) is 11.1 Å². The van der Waals surface area contributed by atoms with Crippen molar-refractivity contribution in [1.29, 1.82) is 0 Å². The molecule has 0 aliphatic rings. The molecule has 0 bridgehead atoms. The van der Waals surface area contributed by atoms with Gasteiger partial charge in [-0.3, -0.25) is 9.48 Å². The molecule has 1 aromatic rings. The van der Waals surface area contributed by atoms with Crippen molar-refractivity contribution >= 4 is 25.4 Å². The lowest BCUT2D eigenvalue weighted by atomic mass is 10.2. The number of aromatic nitrogens is 2. The van der Waals surface area contributed by atoms with E-state index in [1.165, 1.54) is 0 Å². The van der Waals surface area contributed by atoms with Crippen LogP contribution in [0.1, 0.15) is 41.5 Å². The highest BCUT2D eigenvalue weighted by molar-refractivity contribution is 6.90. The topological polar surface area (TPSA) is 72.9 Å². The molecule has 1 amide bonds. The summed E-state index contributed by atoms with van der Waals surface area (Å²) in [5.74, 6) is 0.00641. The first-order valence-corrected chi connectivity index (χ1v) is 8.94. The fourth-order valence-electron chi connectivity index (χ4n) is 2.95. The molecule has 1 aromatic heterocycles. The number of amides is 1. The minimum atomic E-state index is -3.36. The lowest BCUT2D eigenvalue weighted by molar-refractivity contribution is -0.116. The summed E-state index contributed by atoms with van der Waals surface area (Å²) < 4.78 is 17.8. The lowest BCUT2D eigenvalue weighted by Gasteiger charge is -2.44. The molecule has 5 nitrogen and oxygen atoms in total. The van der Waals surface area contributed by atoms with Crippen LogP contribution in [0, 0.1) is 0 Å². The molecule has 0 unspecified atom stereocenters. The molecule has 0 aliphatic heterocycles. The maximum absolute atomic E-state index is 16.2. The zero-order valence-corrected chi connectivity index (χ0v) is 15.0. The zero-order valence-electron chi connectivity index (χ0n) is 14.0. The number of halogens is 1. The SMILES string of the molecule is Cn1nc(NCC(N)=O)cc1[Si](F)(C(C)(C)C)C(C)(C)C. The summed E-state index contributed by atoms with van der Waals surface area (Å²) >= 11 is 0. The van der Waals surface area contributed by atoms with Gasteiger partial charge in [-0.15, -0.1) is 0 Å². The minimum absolute atomic E-state index is 0.0116. The molecule has 0 aliphatic carbocycles. The number of aryl methyl sites for hydroxylation is 1. The van der Waals surface area contributed by atoms with Gasteiger partial charge in [0, 0.05) is 13.1 Å². The van der Waals surface area contributed by atoms with Crippen LogP contribution in [0.3, 0.4) is 0 Å². The van der Waals surface area contributed by atoms with Crippen molar-refractivity contribution in [2.24, 2.45) is 12.8 Å². The first-order chi connectivity index (χ1) is 9.30. The molecule has 1 rings (SSSR count).